The first kappa shape index (κ1) is 23.1. The lowest BCUT2D eigenvalue weighted by molar-refractivity contribution is -0.117. The van der Waals surface area contributed by atoms with Crippen molar-refractivity contribution in [1.82, 2.24) is 0 Å². The van der Waals surface area contributed by atoms with E-state index in [1.807, 2.05) is 18.2 Å². The number of allylic oxidation sites excluding steroid dienone is 1. The molecule has 0 aliphatic heterocycles. The van der Waals surface area contributed by atoms with Gasteiger partial charge in [0.05, 0.1) is 6.10 Å². The Bertz CT molecular complexity index is 932. The summed E-state index contributed by atoms with van der Waals surface area (Å²) < 4.78 is 0. The molecule has 0 radical (unpaired) electrons. The molecule has 0 spiro atoms. The van der Waals surface area contributed by atoms with Gasteiger partial charge in [0.2, 0.25) is 0 Å². The maximum Gasteiger partial charge on any atom is 0.155 e. The van der Waals surface area contributed by atoms with Crippen molar-refractivity contribution >= 4 is 5.78 Å². The number of ketones is 1. The highest BCUT2D eigenvalue weighted by Crippen LogP contribution is 2.67. The summed E-state index contributed by atoms with van der Waals surface area (Å²) in [5, 5.41) is 11.5. The van der Waals surface area contributed by atoms with Crippen LogP contribution < -0.4 is 0 Å². The van der Waals surface area contributed by atoms with Crippen LogP contribution in [0.25, 0.3) is 0 Å². The summed E-state index contributed by atoms with van der Waals surface area (Å²) in [4.78, 5) is 12.1. The van der Waals surface area contributed by atoms with E-state index in [1.54, 1.807) is 0 Å². The normalized spacial score (nSPS) is 40.6. The third-order valence-corrected chi connectivity index (χ3v) is 11.0. The first-order chi connectivity index (χ1) is 15.8. The molecule has 0 amide bonds. The van der Waals surface area contributed by atoms with Crippen LogP contribution in [-0.2, 0) is 4.79 Å². The summed E-state index contributed by atoms with van der Waals surface area (Å²) in [7, 11) is 0. The van der Waals surface area contributed by atoms with Crippen LogP contribution in [0.3, 0.4) is 0 Å². The molecular weight excluding hydrogens is 404 g/mol. The van der Waals surface area contributed by atoms with Crippen LogP contribution in [0.15, 0.2) is 54.6 Å². The fourth-order valence-corrected chi connectivity index (χ4v) is 9.18. The molecule has 3 fully saturated rings. The van der Waals surface area contributed by atoms with E-state index in [0.717, 1.165) is 37.0 Å². The number of rotatable bonds is 5. The number of carbonyl (C=O) groups is 1. The van der Waals surface area contributed by atoms with Gasteiger partial charge in [0.15, 0.2) is 5.78 Å². The number of fused-ring (bicyclic) bond motifs is 5. The van der Waals surface area contributed by atoms with E-state index in [1.165, 1.54) is 43.2 Å². The summed E-state index contributed by atoms with van der Waals surface area (Å²) in [6.07, 6.45) is 12.8. The van der Waals surface area contributed by atoms with Gasteiger partial charge in [0, 0.05) is 12.3 Å². The molecule has 1 unspecified atom stereocenters. The second kappa shape index (κ2) is 8.52. The summed E-state index contributed by atoms with van der Waals surface area (Å²) in [6, 6.07) is 10.4. The molecule has 0 bridgehead atoms. The maximum atomic E-state index is 12.1. The Hall–Kier alpha value is -1.67. The first-order valence-corrected chi connectivity index (χ1v) is 13.4. The zero-order valence-electron chi connectivity index (χ0n) is 20.8. The third kappa shape index (κ3) is 3.59. The van der Waals surface area contributed by atoms with E-state index in [2.05, 4.69) is 51.6 Å². The SMILES string of the molecule is C=CC(c1ccccc1)[C@@H](O)[C@@H](C)[C@H]1CC[C@H]2[C@@H]3CCC4=CC(=O)CC[C@]4(C)[C@H]3CC[C@]12C. The minimum atomic E-state index is -0.397. The second-order valence-corrected chi connectivity index (χ2v) is 12.2. The van der Waals surface area contributed by atoms with Crippen molar-refractivity contribution in [3.63, 3.8) is 0 Å². The van der Waals surface area contributed by atoms with Crippen molar-refractivity contribution in [2.24, 2.45) is 40.4 Å². The molecule has 1 aromatic rings. The van der Waals surface area contributed by atoms with Crippen LogP contribution in [-0.4, -0.2) is 17.0 Å². The van der Waals surface area contributed by atoms with Crippen molar-refractivity contribution < 1.29 is 9.90 Å². The van der Waals surface area contributed by atoms with E-state index in [-0.39, 0.29) is 17.3 Å². The largest absolute Gasteiger partial charge is 0.392 e. The van der Waals surface area contributed by atoms with Crippen molar-refractivity contribution in [2.75, 3.05) is 0 Å². The quantitative estimate of drug-likeness (QED) is 0.490. The van der Waals surface area contributed by atoms with E-state index >= 15 is 0 Å². The Morgan fingerprint density at radius 1 is 1.03 bits per heavy atom. The summed E-state index contributed by atoms with van der Waals surface area (Å²) in [6.45, 7) is 11.4. The molecule has 33 heavy (non-hydrogen) atoms. The lowest BCUT2D eigenvalue weighted by Crippen LogP contribution is -2.51. The number of carbonyl (C=O) groups excluding carboxylic acids is 1. The molecule has 178 valence electrons. The van der Waals surface area contributed by atoms with E-state index in [0.29, 0.717) is 17.1 Å². The third-order valence-electron chi connectivity index (χ3n) is 11.0. The molecule has 9 atom stereocenters. The van der Waals surface area contributed by atoms with E-state index in [4.69, 9.17) is 0 Å². The van der Waals surface area contributed by atoms with Crippen molar-refractivity contribution in [3.8, 4) is 0 Å². The Morgan fingerprint density at radius 3 is 2.52 bits per heavy atom. The van der Waals surface area contributed by atoms with Gasteiger partial charge in [-0.1, -0.05) is 62.8 Å². The van der Waals surface area contributed by atoms with Gasteiger partial charge in [-0.3, -0.25) is 4.79 Å². The highest BCUT2D eigenvalue weighted by molar-refractivity contribution is 5.91. The van der Waals surface area contributed by atoms with Gasteiger partial charge in [-0.15, -0.1) is 6.58 Å². The molecule has 1 N–H and O–H groups in total. The average Bonchev–Trinajstić information content (AvgIpc) is 3.17. The van der Waals surface area contributed by atoms with Crippen molar-refractivity contribution in [2.45, 2.75) is 84.2 Å². The van der Waals surface area contributed by atoms with Gasteiger partial charge >= 0.3 is 0 Å². The zero-order chi connectivity index (χ0) is 23.4. The summed E-state index contributed by atoms with van der Waals surface area (Å²) in [5.41, 5.74) is 3.18. The minimum Gasteiger partial charge on any atom is -0.392 e. The second-order valence-electron chi connectivity index (χ2n) is 12.2. The smallest absolute Gasteiger partial charge is 0.155 e. The molecule has 4 aliphatic rings. The highest BCUT2D eigenvalue weighted by Gasteiger charge is 2.60. The number of aliphatic hydroxyl groups excluding tert-OH is 1. The Morgan fingerprint density at radius 2 is 1.79 bits per heavy atom. The summed E-state index contributed by atoms with van der Waals surface area (Å²) in [5.74, 6) is 3.40. The molecule has 3 saturated carbocycles. The van der Waals surface area contributed by atoms with Crippen LogP contribution in [0.1, 0.15) is 83.6 Å². The number of hydrogen-bond donors (Lipinski definition) is 1. The number of benzene rings is 1. The van der Waals surface area contributed by atoms with Gasteiger partial charge in [0.1, 0.15) is 0 Å². The number of aliphatic hydroxyl groups is 1. The topological polar surface area (TPSA) is 37.3 Å². The summed E-state index contributed by atoms with van der Waals surface area (Å²) >= 11 is 0. The Kier molecular flexibility index (Phi) is 5.96. The Labute approximate surface area is 200 Å². The Balaban J connectivity index is 1.37. The van der Waals surface area contributed by atoms with Crippen LogP contribution in [0.5, 0.6) is 0 Å². The van der Waals surface area contributed by atoms with Gasteiger partial charge in [-0.2, -0.15) is 0 Å². The van der Waals surface area contributed by atoms with Gasteiger partial charge in [0.25, 0.3) is 0 Å². The molecule has 2 heteroatoms. The predicted molar refractivity (Wildman–Crippen MR) is 135 cm³/mol. The van der Waals surface area contributed by atoms with Gasteiger partial charge in [-0.05, 0) is 97.0 Å². The standard InChI is InChI=1S/C31H42O2/c1-5-24(21-9-7-6-8-10-21)29(33)20(2)26-13-14-27-25-12-11-22-19-23(32)15-17-30(22,3)28(25)16-18-31(26,27)4/h5-10,19-20,24-29,33H,1,11-18H2,2-4H3/t20-,24?,25-,26+,27-,28-,29-,30-,31+/m0/s1. The highest BCUT2D eigenvalue weighted by atomic mass is 16.3. The van der Waals surface area contributed by atoms with Gasteiger partial charge in [-0.25, -0.2) is 0 Å². The van der Waals surface area contributed by atoms with Crippen LogP contribution in [0, 0.1) is 40.4 Å². The first-order valence-electron chi connectivity index (χ1n) is 13.4. The van der Waals surface area contributed by atoms with Crippen LogP contribution >= 0.6 is 0 Å². The predicted octanol–water partition coefficient (Wildman–Crippen LogP) is 7.10. The molecule has 2 nitrogen and oxygen atoms in total. The molecule has 0 aromatic heterocycles. The van der Waals surface area contributed by atoms with Gasteiger partial charge < -0.3 is 5.11 Å². The molecule has 1 aromatic carbocycles. The molecule has 0 saturated heterocycles. The fraction of sp³-hybridized carbons (Fsp3) is 0.645. The van der Waals surface area contributed by atoms with E-state index in [9.17, 15) is 9.90 Å². The molecular formula is C31H42O2. The minimum absolute atomic E-state index is 0.0127. The van der Waals surface area contributed by atoms with Crippen LogP contribution in [0.4, 0.5) is 0 Å². The monoisotopic (exact) mass is 446 g/mol. The lowest BCUT2D eigenvalue weighted by atomic mass is 9.46. The lowest BCUT2D eigenvalue weighted by Gasteiger charge is -2.58. The molecule has 5 rings (SSSR count). The average molecular weight is 447 g/mol. The maximum absolute atomic E-state index is 12.1. The fourth-order valence-electron chi connectivity index (χ4n) is 9.18. The van der Waals surface area contributed by atoms with Crippen LogP contribution in [0.2, 0.25) is 0 Å². The van der Waals surface area contributed by atoms with Crippen molar-refractivity contribution in [1.29, 1.82) is 0 Å². The van der Waals surface area contributed by atoms with E-state index < -0.39 is 6.10 Å². The zero-order valence-corrected chi connectivity index (χ0v) is 20.8. The molecule has 0 heterocycles. The number of hydrogen-bond acceptors (Lipinski definition) is 2. The molecule has 4 aliphatic carbocycles. The van der Waals surface area contributed by atoms with Crippen molar-refractivity contribution in [3.05, 3.63) is 60.2 Å².